The number of piperidine rings is 1. The summed E-state index contributed by atoms with van der Waals surface area (Å²) in [5.74, 6) is 0.293. The third-order valence-electron chi connectivity index (χ3n) is 5.06. The molecule has 0 bridgehead atoms. The summed E-state index contributed by atoms with van der Waals surface area (Å²) in [6, 6.07) is 4.47. The van der Waals surface area contributed by atoms with Crippen LogP contribution in [0.2, 0.25) is 0 Å². The lowest BCUT2D eigenvalue weighted by Gasteiger charge is -2.32. The third kappa shape index (κ3) is 4.77. The molecule has 0 atom stereocenters. The van der Waals surface area contributed by atoms with Gasteiger partial charge < -0.3 is 9.42 Å². The van der Waals surface area contributed by atoms with Gasteiger partial charge in [-0.1, -0.05) is 5.16 Å². The summed E-state index contributed by atoms with van der Waals surface area (Å²) in [5, 5.41) is 3.89. The molecule has 1 amide bonds. The van der Waals surface area contributed by atoms with Crippen LogP contribution >= 0.6 is 0 Å². The Labute approximate surface area is 163 Å². The van der Waals surface area contributed by atoms with E-state index in [2.05, 4.69) is 9.88 Å². The zero-order chi connectivity index (χ0) is 20.3. The predicted molar refractivity (Wildman–Crippen MR) is 101 cm³/mol. The molecule has 3 rings (SSSR count). The minimum absolute atomic E-state index is 0.0341. The van der Waals surface area contributed by atoms with Gasteiger partial charge in [0.2, 0.25) is 15.9 Å². The molecule has 0 radical (unpaired) electrons. The molecule has 1 aliphatic rings. The highest BCUT2D eigenvalue weighted by atomic mass is 32.2. The number of likely N-dealkylation sites (tertiary alicyclic amines) is 1. The van der Waals surface area contributed by atoms with E-state index in [9.17, 15) is 17.6 Å². The van der Waals surface area contributed by atoms with Crippen LogP contribution in [0.4, 0.5) is 4.39 Å². The summed E-state index contributed by atoms with van der Waals surface area (Å²) < 4.78 is 45.5. The molecule has 0 spiro atoms. The van der Waals surface area contributed by atoms with E-state index in [0.29, 0.717) is 38.8 Å². The van der Waals surface area contributed by atoms with Gasteiger partial charge in [0.15, 0.2) is 0 Å². The van der Waals surface area contributed by atoms with Crippen molar-refractivity contribution in [2.45, 2.75) is 50.5 Å². The molecule has 7 nitrogen and oxygen atoms in total. The third-order valence-corrected chi connectivity index (χ3v) is 6.60. The molecule has 28 heavy (non-hydrogen) atoms. The monoisotopic (exact) mass is 409 g/mol. The van der Waals surface area contributed by atoms with Crippen molar-refractivity contribution in [1.29, 1.82) is 0 Å². The first kappa shape index (κ1) is 20.5. The standard InChI is InChI=1S/C19H24FN3O4S/c1-13-18(14(2)27-21-13)7-8-19(24)23-11-9-16(10-12-23)22-28(25,26)17-5-3-15(20)4-6-17/h3-6,16,22H,7-12H2,1-2H3. The van der Waals surface area contributed by atoms with Gasteiger partial charge >= 0.3 is 0 Å². The lowest BCUT2D eigenvalue weighted by molar-refractivity contribution is -0.132. The molecular formula is C19H24FN3O4S. The number of carbonyl (C=O) groups excluding carboxylic acids is 1. The van der Waals surface area contributed by atoms with E-state index in [-0.39, 0.29) is 16.8 Å². The number of benzene rings is 1. The number of rotatable bonds is 6. The van der Waals surface area contributed by atoms with Gasteiger partial charge in [0.1, 0.15) is 11.6 Å². The summed E-state index contributed by atoms with van der Waals surface area (Å²) in [4.78, 5) is 14.3. The first-order valence-electron chi connectivity index (χ1n) is 9.23. The number of nitrogens with one attached hydrogen (secondary N) is 1. The highest BCUT2D eigenvalue weighted by Gasteiger charge is 2.27. The van der Waals surface area contributed by atoms with E-state index in [1.54, 1.807) is 4.90 Å². The number of aryl methyl sites for hydroxylation is 2. The second kappa shape index (κ2) is 8.40. The molecule has 1 N–H and O–H groups in total. The molecule has 0 unspecified atom stereocenters. The summed E-state index contributed by atoms with van der Waals surface area (Å²) in [7, 11) is -3.70. The van der Waals surface area contributed by atoms with Crippen molar-refractivity contribution in [3.8, 4) is 0 Å². The van der Waals surface area contributed by atoms with Gasteiger partial charge in [-0.2, -0.15) is 0 Å². The average Bonchev–Trinajstić information content (AvgIpc) is 2.98. The Kier molecular flexibility index (Phi) is 6.14. The quantitative estimate of drug-likeness (QED) is 0.791. The van der Waals surface area contributed by atoms with Gasteiger partial charge in [0.25, 0.3) is 0 Å². The summed E-state index contributed by atoms with van der Waals surface area (Å²) in [6.45, 7) is 4.68. The molecular weight excluding hydrogens is 385 g/mol. The van der Waals surface area contributed by atoms with Crippen molar-refractivity contribution < 1.29 is 22.1 Å². The molecule has 9 heteroatoms. The normalized spacial score (nSPS) is 15.8. The van der Waals surface area contributed by atoms with E-state index < -0.39 is 15.8 Å². The second-order valence-corrected chi connectivity index (χ2v) is 8.75. The van der Waals surface area contributed by atoms with Gasteiger partial charge in [-0.25, -0.2) is 17.5 Å². The average molecular weight is 409 g/mol. The Morgan fingerprint density at radius 3 is 2.46 bits per heavy atom. The maximum atomic E-state index is 13.0. The minimum Gasteiger partial charge on any atom is -0.361 e. The van der Waals surface area contributed by atoms with Crippen molar-refractivity contribution in [2.75, 3.05) is 13.1 Å². The number of nitrogens with zero attached hydrogens (tertiary/aromatic N) is 2. The van der Waals surface area contributed by atoms with E-state index in [1.807, 2.05) is 13.8 Å². The Morgan fingerprint density at radius 1 is 1.25 bits per heavy atom. The fourth-order valence-corrected chi connectivity index (χ4v) is 4.70. The van der Waals surface area contributed by atoms with Gasteiger partial charge in [-0.15, -0.1) is 0 Å². The van der Waals surface area contributed by atoms with E-state index in [1.165, 1.54) is 12.1 Å². The van der Waals surface area contributed by atoms with Crippen molar-refractivity contribution in [3.05, 3.63) is 47.1 Å². The summed E-state index contributed by atoms with van der Waals surface area (Å²) >= 11 is 0. The van der Waals surface area contributed by atoms with Crippen LogP contribution in [0, 0.1) is 19.7 Å². The van der Waals surface area contributed by atoms with Crippen LogP contribution in [-0.2, 0) is 21.2 Å². The molecule has 1 fully saturated rings. The van der Waals surface area contributed by atoms with Crippen LogP contribution in [-0.4, -0.2) is 43.5 Å². The number of halogens is 1. The van der Waals surface area contributed by atoms with Crippen molar-refractivity contribution in [3.63, 3.8) is 0 Å². The Hall–Kier alpha value is -2.26. The van der Waals surface area contributed by atoms with Crippen molar-refractivity contribution in [1.82, 2.24) is 14.8 Å². The summed E-state index contributed by atoms with van der Waals surface area (Å²) in [6.07, 6.45) is 2.03. The molecule has 0 saturated carbocycles. The number of carbonyl (C=O) groups is 1. The largest absolute Gasteiger partial charge is 0.361 e. The SMILES string of the molecule is Cc1noc(C)c1CCC(=O)N1CCC(NS(=O)(=O)c2ccc(F)cc2)CC1. The maximum Gasteiger partial charge on any atom is 0.240 e. The number of hydrogen-bond acceptors (Lipinski definition) is 5. The van der Waals surface area contributed by atoms with Gasteiger partial charge in [-0.05, 0) is 57.4 Å². The van der Waals surface area contributed by atoms with Gasteiger partial charge in [0.05, 0.1) is 10.6 Å². The predicted octanol–water partition coefficient (Wildman–Crippen LogP) is 2.33. The lowest BCUT2D eigenvalue weighted by Crippen LogP contribution is -2.46. The zero-order valence-corrected chi connectivity index (χ0v) is 16.8. The van der Waals surface area contributed by atoms with Crippen LogP contribution in [0.25, 0.3) is 0 Å². The maximum absolute atomic E-state index is 13.0. The number of amides is 1. The van der Waals surface area contributed by atoms with Crippen LogP contribution in [0.3, 0.4) is 0 Å². The second-order valence-electron chi connectivity index (χ2n) is 7.03. The molecule has 152 valence electrons. The van der Waals surface area contributed by atoms with Gasteiger partial charge in [-0.3, -0.25) is 4.79 Å². The smallest absolute Gasteiger partial charge is 0.240 e. The molecule has 0 aliphatic carbocycles. The van der Waals surface area contributed by atoms with E-state index in [4.69, 9.17) is 4.52 Å². The number of sulfonamides is 1. The molecule has 1 aromatic carbocycles. The topological polar surface area (TPSA) is 92.5 Å². The van der Waals surface area contributed by atoms with Gasteiger partial charge in [0, 0.05) is 31.1 Å². The Balaban J connectivity index is 1.50. The highest BCUT2D eigenvalue weighted by Crippen LogP contribution is 2.18. The van der Waals surface area contributed by atoms with E-state index >= 15 is 0 Å². The molecule has 1 aliphatic heterocycles. The zero-order valence-electron chi connectivity index (χ0n) is 15.9. The lowest BCUT2D eigenvalue weighted by atomic mass is 10.0. The van der Waals surface area contributed by atoms with Crippen LogP contribution < -0.4 is 4.72 Å². The first-order chi connectivity index (χ1) is 13.3. The van der Waals surface area contributed by atoms with Crippen molar-refractivity contribution in [2.24, 2.45) is 0 Å². The minimum atomic E-state index is -3.70. The molecule has 2 heterocycles. The van der Waals surface area contributed by atoms with Crippen molar-refractivity contribution >= 4 is 15.9 Å². The molecule has 1 aromatic heterocycles. The molecule has 2 aromatic rings. The molecule has 1 saturated heterocycles. The fourth-order valence-electron chi connectivity index (χ4n) is 3.40. The Morgan fingerprint density at radius 2 is 1.89 bits per heavy atom. The number of aromatic nitrogens is 1. The van der Waals surface area contributed by atoms with Crippen LogP contribution in [0.1, 0.15) is 36.3 Å². The Bertz CT molecular complexity index is 913. The highest BCUT2D eigenvalue weighted by molar-refractivity contribution is 7.89. The number of hydrogen-bond donors (Lipinski definition) is 1. The van der Waals surface area contributed by atoms with Crippen LogP contribution in [0.15, 0.2) is 33.7 Å². The fraction of sp³-hybridized carbons (Fsp3) is 0.474. The first-order valence-corrected chi connectivity index (χ1v) is 10.7. The summed E-state index contributed by atoms with van der Waals surface area (Å²) in [5.41, 5.74) is 1.77. The van der Waals surface area contributed by atoms with Crippen LogP contribution in [0.5, 0.6) is 0 Å². The van der Waals surface area contributed by atoms with E-state index in [0.717, 1.165) is 29.2 Å².